The third-order valence-electron chi connectivity index (χ3n) is 3.11. The molecule has 90 valence electrons. The van der Waals surface area contributed by atoms with Crippen LogP contribution in [0.1, 0.15) is 24.0 Å². The summed E-state index contributed by atoms with van der Waals surface area (Å²) >= 11 is 0. The molecule has 0 saturated carbocycles. The first kappa shape index (κ1) is 11.6. The molecule has 0 atom stereocenters. The Bertz CT molecular complexity index is 442. The van der Waals surface area contributed by atoms with Crippen molar-refractivity contribution >= 4 is 18.1 Å². The van der Waals surface area contributed by atoms with Gasteiger partial charge < -0.3 is 10.0 Å². The molecule has 0 radical (unpaired) electrons. The fourth-order valence-electron chi connectivity index (χ4n) is 2.20. The van der Waals surface area contributed by atoms with Gasteiger partial charge in [0.05, 0.1) is 6.42 Å². The SMILES string of the molecule is O=CN(CCC(=O)O)c1ccc2c(c1)CCC2. The summed E-state index contributed by atoms with van der Waals surface area (Å²) in [6, 6.07) is 5.92. The summed E-state index contributed by atoms with van der Waals surface area (Å²) in [4.78, 5) is 22.9. The van der Waals surface area contributed by atoms with Crippen LogP contribution in [0.4, 0.5) is 5.69 Å². The second-order valence-electron chi connectivity index (χ2n) is 4.25. The van der Waals surface area contributed by atoms with Gasteiger partial charge in [0.1, 0.15) is 0 Å². The summed E-state index contributed by atoms with van der Waals surface area (Å²) in [7, 11) is 0. The zero-order chi connectivity index (χ0) is 12.3. The van der Waals surface area contributed by atoms with Crippen molar-refractivity contribution in [2.45, 2.75) is 25.7 Å². The number of amides is 1. The molecule has 1 aromatic rings. The largest absolute Gasteiger partial charge is 0.481 e. The maximum atomic E-state index is 11.0. The number of nitrogens with zero attached hydrogens (tertiary/aromatic N) is 1. The highest BCUT2D eigenvalue weighted by molar-refractivity contribution is 5.77. The van der Waals surface area contributed by atoms with Gasteiger partial charge in [-0.1, -0.05) is 6.07 Å². The van der Waals surface area contributed by atoms with Gasteiger partial charge in [0.2, 0.25) is 6.41 Å². The van der Waals surface area contributed by atoms with Crippen molar-refractivity contribution in [3.05, 3.63) is 29.3 Å². The lowest BCUT2D eigenvalue weighted by molar-refractivity contribution is -0.136. The zero-order valence-electron chi connectivity index (χ0n) is 9.56. The van der Waals surface area contributed by atoms with Gasteiger partial charge in [-0.2, -0.15) is 0 Å². The van der Waals surface area contributed by atoms with Crippen LogP contribution in [-0.2, 0) is 22.4 Å². The van der Waals surface area contributed by atoms with E-state index < -0.39 is 5.97 Å². The first-order valence-electron chi connectivity index (χ1n) is 5.76. The van der Waals surface area contributed by atoms with Crippen molar-refractivity contribution in [2.75, 3.05) is 11.4 Å². The number of aliphatic carboxylic acids is 1. The van der Waals surface area contributed by atoms with Gasteiger partial charge in [-0.3, -0.25) is 9.59 Å². The van der Waals surface area contributed by atoms with Crippen LogP contribution in [0.2, 0.25) is 0 Å². The molecule has 1 aliphatic carbocycles. The van der Waals surface area contributed by atoms with Crippen molar-refractivity contribution in [1.82, 2.24) is 0 Å². The molecule has 1 aliphatic rings. The first-order chi connectivity index (χ1) is 8.20. The van der Waals surface area contributed by atoms with Gasteiger partial charge >= 0.3 is 5.97 Å². The highest BCUT2D eigenvalue weighted by atomic mass is 16.4. The topological polar surface area (TPSA) is 57.6 Å². The molecule has 1 N–H and O–H groups in total. The van der Waals surface area contributed by atoms with E-state index in [1.54, 1.807) is 0 Å². The molecule has 1 amide bonds. The van der Waals surface area contributed by atoms with Crippen molar-refractivity contribution in [3.8, 4) is 0 Å². The number of carboxylic acid groups (broad SMARTS) is 1. The standard InChI is InChI=1S/C13H15NO3/c15-9-14(7-6-13(16)17)12-5-4-10-2-1-3-11(10)8-12/h4-5,8-9H,1-3,6-7H2,(H,16,17). The van der Waals surface area contributed by atoms with E-state index in [9.17, 15) is 9.59 Å². The average molecular weight is 233 g/mol. The van der Waals surface area contributed by atoms with Crippen LogP contribution >= 0.6 is 0 Å². The Morgan fingerprint density at radius 3 is 2.82 bits per heavy atom. The van der Waals surface area contributed by atoms with Crippen LogP contribution in [0.25, 0.3) is 0 Å². The molecule has 0 bridgehead atoms. The van der Waals surface area contributed by atoms with Gasteiger partial charge in [0.25, 0.3) is 0 Å². The van der Waals surface area contributed by atoms with Crippen molar-refractivity contribution in [3.63, 3.8) is 0 Å². The lowest BCUT2D eigenvalue weighted by Crippen LogP contribution is -2.24. The monoisotopic (exact) mass is 233 g/mol. The molecule has 17 heavy (non-hydrogen) atoms. The van der Waals surface area contributed by atoms with Gasteiger partial charge in [-0.25, -0.2) is 0 Å². The Kier molecular flexibility index (Phi) is 3.42. The van der Waals surface area contributed by atoms with Crippen LogP contribution in [-0.4, -0.2) is 24.0 Å². The fourth-order valence-corrected chi connectivity index (χ4v) is 2.20. The predicted octanol–water partition coefficient (Wildman–Crippen LogP) is 1.61. The first-order valence-corrected chi connectivity index (χ1v) is 5.76. The molecule has 0 unspecified atom stereocenters. The lowest BCUT2D eigenvalue weighted by atomic mass is 10.1. The number of carbonyl (C=O) groups excluding carboxylic acids is 1. The minimum atomic E-state index is -0.891. The van der Waals surface area contributed by atoms with Crippen LogP contribution < -0.4 is 4.90 Å². The van der Waals surface area contributed by atoms with E-state index in [0.29, 0.717) is 6.41 Å². The van der Waals surface area contributed by atoms with Gasteiger partial charge in [-0.15, -0.1) is 0 Å². The van der Waals surface area contributed by atoms with Crippen LogP contribution in [0.5, 0.6) is 0 Å². The predicted molar refractivity (Wildman–Crippen MR) is 64.1 cm³/mol. The number of hydrogen-bond acceptors (Lipinski definition) is 2. The number of benzene rings is 1. The smallest absolute Gasteiger partial charge is 0.305 e. The number of fused-ring (bicyclic) bond motifs is 1. The Balaban J connectivity index is 2.13. The van der Waals surface area contributed by atoms with E-state index in [4.69, 9.17) is 5.11 Å². The molecule has 0 heterocycles. The summed E-state index contributed by atoms with van der Waals surface area (Å²) in [5.74, 6) is -0.891. The molecule has 2 rings (SSSR count). The molecular weight excluding hydrogens is 218 g/mol. The van der Waals surface area contributed by atoms with Gasteiger partial charge in [0, 0.05) is 12.2 Å². The third kappa shape index (κ3) is 2.64. The number of rotatable bonds is 5. The Morgan fingerprint density at radius 2 is 2.12 bits per heavy atom. The molecule has 0 fully saturated rings. The maximum Gasteiger partial charge on any atom is 0.305 e. The normalized spacial score (nSPS) is 13.2. The molecule has 0 saturated heterocycles. The van der Waals surface area contributed by atoms with E-state index in [-0.39, 0.29) is 13.0 Å². The number of aryl methyl sites for hydroxylation is 2. The Labute approximate surface area is 99.9 Å². The maximum absolute atomic E-state index is 11.0. The van der Waals surface area contributed by atoms with Crippen LogP contribution in [0.3, 0.4) is 0 Å². The number of carboxylic acids is 1. The molecule has 4 heteroatoms. The Morgan fingerprint density at radius 1 is 1.35 bits per heavy atom. The van der Waals surface area contributed by atoms with Crippen molar-refractivity contribution < 1.29 is 14.7 Å². The van der Waals surface area contributed by atoms with Gasteiger partial charge in [0.15, 0.2) is 0 Å². The van der Waals surface area contributed by atoms with Crippen molar-refractivity contribution in [2.24, 2.45) is 0 Å². The summed E-state index contributed by atoms with van der Waals surface area (Å²) in [6.45, 7) is 0.220. The highest BCUT2D eigenvalue weighted by Crippen LogP contribution is 2.26. The van der Waals surface area contributed by atoms with E-state index in [1.807, 2.05) is 18.2 Å². The van der Waals surface area contributed by atoms with E-state index in [1.165, 1.54) is 16.0 Å². The van der Waals surface area contributed by atoms with Crippen molar-refractivity contribution in [1.29, 1.82) is 0 Å². The number of carbonyl (C=O) groups is 2. The second kappa shape index (κ2) is 4.99. The molecule has 1 aromatic carbocycles. The van der Waals surface area contributed by atoms with Gasteiger partial charge in [-0.05, 0) is 42.5 Å². The number of hydrogen-bond donors (Lipinski definition) is 1. The minimum Gasteiger partial charge on any atom is -0.481 e. The molecule has 4 nitrogen and oxygen atoms in total. The molecule has 0 aliphatic heterocycles. The number of anilines is 1. The molecular formula is C13H15NO3. The lowest BCUT2D eigenvalue weighted by Gasteiger charge is -2.17. The second-order valence-corrected chi connectivity index (χ2v) is 4.25. The Hall–Kier alpha value is -1.84. The zero-order valence-corrected chi connectivity index (χ0v) is 9.56. The van der Waals surface area contributed by atoms with E-state index in [0.717, 1.165) is 24.9 Å². The summed E-state index contributed by atoms with van der Waals surface area (Å²) in [6.07, 6.45) is 3.98. The summed E-state index contributed by atoms with van der Waals surface area (Å²) in [5, 5.41) is 8.62. The highest BCUT2D eigenvalue weighted by Gasteiger charge is 2.14. The van der Waals surface area contributed by atoms with E-state index >= 15 is 0 Å². The van der Waals surface area contributed by atoms with Crippen LogP contribution in [0.15, 0.2) is 18.2 Å². The van der Waals surface area contributed by atoms with E-state index in [2.05, 4.69) is 0 Å². The minimum absolute atomic E-state index is 0.0319. The summed E-state index contributed by atoms with van der Waals surface area (Å²) in [5.41, 5.74) is 3.42. The molecule has 0 spiro atoms. The third-order valence-corrected chi connectivity index (χ3v) is 3.11. The quantitative estimate of drug-likeness (QED) is 0.786. The molecule has 0 aromatic heterocycles. The summed E-state index contributed by atoms with van der Waals surface area (Å²) < 4.78 is 0. The fraction of sp³-hybridized carbons (Fsp3) is 0.385. The average Bonchev–Trinajstić information content (AvgIpc) is 2.76. The van der Waals surface area contributed by atoms with Crippen LogP contribution in [0, 0.1) is 0 Å².